The molecule has 2 unspecified atom stereocenters. The Morgan fingerprint density at radius 2 is 2.21 bits per heavy atom. The number of hydrogen-bond acceptors (Lipinski definition) is 3. The Bertz CT molecular complexity index is 746. The molecular weight excluding hydrogens is 365 g/mol. The first-order valence-corrected chi connectivity index (χ1v) is 9.56. The molecule has 1 aromatic carbocycles. The molecular formula is C18H19Cl2NO2S. The van der Waals surface area contributed by atoms with Gasteiger partial charge in [0, 0.05) is 11.4 Å². The molecule has 2 heterocycles. The molecule has 1 fully saturated rings. The number of piperidine rings is 1. The molecule has 2 aromatic rings. The summed E-state index contributed by atoms with van der Waals surface area (Å²) in [7, 11) is 0. The topological polar surface area (TPSA) is 40.5 Å². The molecule has 0 spiro atoms. The van der Waals surface area contributed by atoms with Crippen molar-refractivity contribution in [3.05, 3.63) is 55.7 Å². The lowest BCUT2D eigenvalue weighted by atomic mass is 9.94. The van der Waals surface area contributed by atoms with E-state index in [1.54, 1.807) is 17.4 Å². The molecule has 0 bridgehead atoms. The van der Waals surface area contributed by atoms with Gasteiger partial charge in [-0.1, -0.05) is 35.3 Å². The van der Waals surface area contributed by atoms with E-state index in [4.69, 9.17) is 23.2 Å². The van der Waals surface area contributed by atoms with Crippen molar-refractivity contribution in [3.63, 3.8) is 0 Å². The van der Waals surface area contributed by atoms with Crippen LogP contribution in [0.15, 0.2) is 29.6 Å². The van der Waals surface area contributed by atoms with Crippen LogP contribution in [-0.2, 0) is 4.79 Å². The lowest BCUT2D eigenvalue weighted by Gasteiger charge is -2.37. The van der Waals surface area contributed by atoms with Gasteiger partial charge < -0.3 is 5.11 Å². The van der Waals surface area contributed by atoms with Crippen LogP contribution in [0.1, 0.15) is 34.9 Å². The van der Waals surface area contributed by atoms with Gasteiger partial charge in [-0.05, 0) is 54.9 Å². The number of rotatable bonds is 4. The van der Waals surface area contributed by atoms with Crippen molar-refractivity contribution in [1.29, 1.82) is 0 Å². The van der Waals surface area contributed by atoms with Crippen LogP contribution in [0.3, 0.4) is 0 Å². The van der Waals surface area contributed by atoms with Gasteiger partial charge in [-0.25, -0.2) is 0 Å². The third-order valence-electron chi connectivity index (χ3n) is 4.46. The van der Waals surface area contributed by atoms with Gasteiger partial charge in [-0.3, -0.25) is 9.69 Å². The number of aryl methyl sites for hydroxylation is 1. The van der Waals surface area contributed by atoms with E-state index in [1.807, 2.05) is 12.1 Å². The maximum atomic E-state index is 11.4. The summed E-state index contributed by atoms with van der Waals surface area (Å²) in [5.74, 6) is -1.06. The maximum absolute atomic E-state index is 11.4. The van der Waals surface area contributed by atoms with Gasteiger partial charge in [0.05, 0.1) is 22.0 Å². The zero-order valence-electron chi connectivity index (χ0n) is 13.3. The number of carboxylic acids is 1. The van der Waals surface area contributed by atoms with E-state index < -0.39 is 5.97 Å². The quantitative estimate of drug-likeness (QED) is 0.783. The van der Waals surface area contributed by atoms with Crippen molar-refractivity contribution in [2.24, 2.45) is 5.92 Å². The highest BCUT2D eigenvalue weighted by molar-refractivity contribution is 7.10. The average molecular weight is 384 g/mol. The van der Waals surface area contributed by atoms with Crippen LogP contribution in [0, 0.1) is 12.8 Å². The zero-order valence-corrected chi connectivity index (χ0v) is 15.7. The zero-order chi connectivity index (χ0) is 17.3. The molecule has 3 rings (SSSR count). The highest BCUT2D eigenvalue weighted by Gasteiger charge is 2.33. The summed E-state index contributed by atoms with van der Waals surface area (Å²) in [6, 6.07) is 7.75. The molecule has 1 aliphatic rings. The predicted octanol–water partition coefficient (Wildman–Crippen LogP) is 5.25. The second-order valence-electron chi connectivity index (χ2n) is 6.24. The number of thiophene rings is 1. The van der Waals surface area contributed by atoms with Crippen LogP contribution < -0.4 is 0 Å². The first kappa shape index (κ1) is 17.7. The Kier molecular flexibility index (Phi) is 5.50. The summed E-state index contributed by atoms with van der Waals surface area (Å²) in [6.45, 7) is 3.45. The van der Waals surface area contributed by atoms with Crippen LogP contribution in [0.5, 0.6) is 0 Å². The number of carbonyl (C=O) groups is 1. The Morgan fingerprint density at radius 3 is 2.88 bits per heavy atom. The Morgan fingerprint density at radius 1 is 1.42 bits per heavy atom. The predicted molar refractivity (Wildman–Crippen MR) is 99.3 cm³/mol. The van der Waals surface area contributed by atoms with Crippen LogP contribution in [0.4, 0.5) is 0 Å². The van der Waals surface area contributed by atoms with E-state index in [0.717, 1.165) is 24.9 Å². The van der Waals surface area contributed by atoms with Crippen molar-refractivity contribution >= 4 is 40.5 Å². The fourth-order valence-electron chi connectivity index (χ4n) is 3.30. The number of carboxylic acid groups (broad SMARTS) is 1. The van der Waals surface area contributed by atoms with E-state index in [9.17, 15) is 9.90 Å². The van der Waals surface area contributed by atoms with E-state index in [2.05, 4.69) is 23.3 Å². The van der Waals surface area contributed by atoms with E-state index >= 15 is 0 Å². The first-order chi connectivity index (χ1) is 11.5. The summed E-state index contributed by atoms with van der Waals surface area (Å²) >= 11 is 14.4. The van der Waals surface area contributed by atoms with Crippen LogP contribution >= 0.6 is 34.5 Å². The molecule has 2 atom stereocenters. The molecule has 3 nitrogen and oxygen atoms in total. The highest BCUT2D eigenvalue weighted by Crippen LogP contribution is 2.40. The van der Waals surface area contributed by atoms with Crippen molar-refractivity contribution in [3.8, 4) is 0 Å². The second-order valence-corrected chi connectivity index (χ2v) is 7.97. The van der Waals surface area contributed by atoms with Gasteiger partial charge in [0.15, 0.2) is 0 Å². The average Bonchev–Trinajstić information content (AvgIpc) is 2.98. The maximum Gasteiger partial charge on any atom is 0.307 e. The fraction of sp³-hybridized carbons (Fsp3) is 0.389. The first-order valence-electron chi connectivity index (χ1n) is 7.93. The van der Waals surface area contributed by atoms with Gasteiger partial charge in [-0.15, -0.1) is 11.3 Å². The monoisotopic (exact) mass is 383 g/mol. The molecule has 1 aromatic heterocycles. The Labute approximate surface area is 155 Å². The summed E-state index contributed by atoms with van der Waals surface area (Å²) < 4.78 is 0. The van der Waals surface area contributed by atoms with E-state index in [0.29, 0.717) is 16.6 Å². The van der Waals surface area contributed by atoms with Crippen LogP contribution in [0.2, 0.25) is 10.0 Å². The van der Waals surface area contributed by atoms with Crippen LogP contribution in [-0.4, -0.2) is 29.1 Å². The van der Waals surface area contributed by atoms with Crippen molar-refractivity contribution in [2.75, 3.05) is 13.1 Å². The smallest absolute Gasteiger partial charge is 0.307 e. The summed E-state index contributed by atoms with van der Waals surface area (Å²) in [5, 5.41) is 12.6. The molecule has 0 saturated carbocycles. The number of likely N-dealkylation sites (tertiary alicyclic amines) is 1. The molecule has 0 amide bonds. The standard InChI is InChI=1S/C18H19Cl2NO2S/c1-11-8-15(24-10-11)17(13-5-2-6-14(19)16(13)20)21-7-3-4-12(9-21)18(22)23/h2,5-6,8,10,12,17H,3-4,7,9H2,1H3,(H,22,23). The molecule has 6 heteroatoms. The van der Waals surface area contributed by atoms with Gasteiger partial charge in [-0.2, -0.15) is 0 Å². The third kappa shape index (κ3) is 3.62. The molecule has 0 aliphatic carbocycles. The number of benzene rings is 1. The Balaban J connectivity index is 2.02. The lowest BCUT2D eigenvalue weighted by Crippen LogP contribution is -2.41. The van der Waals surface area contributed by atoms with E-state index in [1.165, 1.54) is 10.4 Å². The van der Waals surface area contributed by atoms with Crippen LogP contribution in [0.25, 0.3) is 0 Å². The van der Waals surface area contributed by atoms with Crippen molar-refractivity contribution in [2.45, 2.75) is 25.8 Å². The van der Waals surface area contributed by atoms with Gasteiger partial charge in [0.2, 0.25) is 0 Å². The van der Waals surface area contributed by atoms with Gasteiger partial charge >= 0.3 is 5.97 Å². The van der Waals surface area contributed by atoms with Crippen molar-refractivity contribution < 1.29 is 9.90 Å². The SMILES string of the molecule is Cc1csc(C(c2cccc(Cl)c2Cl)N2CCCC(C(=O)O)C2)c1. The number of halogens is 2. The fourth-order valence-corrected chi connectivity index (χ4v) is 4.76. The van der Waals surface area contributed by atoms with Gasteiger partial charge in [0.25, 0.3) is 0 Å². The highest BCUT2D eigenvalue weighted by atomic mass is 35.5. The molecule has 1 aliphatic heterocycles. The lowest BCUT2D eigenvalue weighted by molar-refractivity contribution is -0.143. The summed E-state index contributed by atoms with van der Waals surface area (Å²) in [4.78, 5) is 14.8. The second kappa shape index (κ2) is 7.44. The minimum absolute atomic E-state index is 0.0583. The summed E-state index contributed by atoms with van der Waals surface area (Å²) in [5.41, 5.74) is 2.14. The molecule has 0 radical (unpaired) electrons. The molecule has 128 valence electrons. The van der Waals surface area contributed by atoms with Gasteiger partial charge in [0.1, 0.15) is 0 Å². The van der Waals surface area contributed by atoms with E-state index in [-0.39, 0.29) is 12.0 Å². The number of hydrogen-bond donors (Lipinski definition) is 1. The van der Waals surface area contributed by atoms with Crippen molar-refractivity contribution in [1.82, 2.24) is 4.90 Å². The minimum Gasteiger partial charge on any atom is -0.481 e. The largest absolute Gasteiger partial charge is 0.481 e. The molecule has 24 heavy (non-hydrogen) atoms. The molecule has 1 saturated heterocycles. The number of aliphatic carboxylic acids is 1. The Hall–Kier alpha value is -1.07. The summed E-state index contributed by atoms with van der Waals surface area (Å²) in [6.07, 6.45) is 1.60. The minimum atomic E-state index is -0.724. The number of nitrogens with zero attached hydrogens (tertiary/aromatic N) is 1. The normalized spacial score (nSPS) is 20.0. The molecule has 1 N–H and O–H groups in total. The third-order valence-corrected chi connectivity index (χ3v) is 6.40.